The maximum atomic E-state index is 13.5. The molecule has 1 rings (SSSR count). The first kappa shape index (κ1) is 15.4. The number of hydrogen-bond donors (Lipinski definition) is 0. The van der Waals surface area contributed by atoms with Crippen molar-refractivity contribution in [3.8, 4) is 0 Å². The summed E-state index contributed by atoms with van der Waals surface area (Å²) in [5.74, 6) is -0.865. The molecule has 8 heteroatoms. The molecule has 0 N–H and O–H groups in total. The number of benzene rings is 1. The van der Waals surface area contributed by atoms with Crippen LogP contribution in [0.4, 0.5) is 4.39 Å². The zero-order valence-corrected chi connectivity index (χ0v) is 12.1. The number of rotatable bonds is 5. The number of hydrogen-bond acceptors (Lipinski definition) is 3. The predicted molar refractivity (Wildman–Crippen MR) is 70.3 cm³/mol. The molecule has 0 aromatic heterocycles. The highest BCUT2D eigenvalue weighted by atomic mass is 35.5. The van der Waals surface area contributed by atoms with Crippen molar-refractivity contribution in [3.63, 3.8) is 0 Å². The number of halogens is 2. The molecule has 18 heavy (non-hydrogen) atoms. The van der Waals surface area contributed by atoms with Gasteiger partial charge >= 0.3 is 0 Å². The lowest BCUT2D eigenvalue weighted by molar-refractivity contribution is 0.592. The molecule has 0 aliphatic heterocycles. The summed E-state index contributed by atoms with van der Waals surface area (Å²) >= 11 is 5.38. The summed E-state index contributed by atoms with van der Waals surface area (Å²) in [5.41, 5.74) is 0. The van der Waals surface area contributed by atoms with Crippen molar-refractivity contribution in [2.24, 2.45) is 3.77 Å². The van der Waals surface area contributed by atoms with Gasteiger partial charge in [0.2, 0.25) is 0 Å². The summed E-state index contributed by atoms with van der Waals surface area (Å²) in [6.45, 7) is 0. The zero-order chi connectivity index (χ0) is 13.8. The summed E-state index contributed by atoms with van der Waals surface area (Å²) < 4.78 is 52.1. The Morgan fingerprint density at radius 3 is 2.44 bits per heavy atom. The molecule has 0 amide bonds. The van der Waals surface area contributed by atoms with E-state index >= 15 is 0 Å². The molecule has 0 fully saturated rings. The van der Waals surface area contributed by atoms with Gasteiger partial charge in [0.1, 0.15) is 5.82 Å². The van der Waals surface area contributed by atoms with Gasteiger partial charge in [-0.1, -0.05) is 12.1 Å². The third-order valence-electron chi connectivity index (χ3n) is 2.04. The summed E-state index contributed by atoms with van der Waals surface area (Å²) in [6.07, 6.45) is 1.31. The topological polar surface area (TPSA) is 63.6 Å². The molecule has 0 radical (unpaired) electrons. The molecule has 0 saturated carbocycles. The van der Waals surface area contributed by atoms with E-state index in [2.05, 4.69) is 3.77 Å². The standard InChI is InChI=1S/C10H13ClFNO3S2/c1-17(14,10-6-3-2-5-9(10)12)13-18(15,16)8-4-7-11/h2-3,5-6H,4,7-8H2,1H3. The Kier molecular flexibility index (Phi) is 5.12. The molecule has 1 atom stereocenters. The van der Waals surface area contributed by atoms with Crippen molar-refractivity contribution in [3.05, 3.63) is 30.1 Å². The van der Waals surface area contributed by atoms with Crippen LogP contribution in [0.5, 0.6) is 0 Å². The van der Waals surface area contributed by atoms with Gasteiger partial charge < -0.3 is 0 Å². The van der Waals surface area contributed by atoms with E-state index < -0.39 is 25.6 Å². The van der Waals surface area contributed by atoms with E-state index in [-0.39, 0.29) is 22.9 Å². The summed E-state index contributed by atoms with van der Waals surface area (Å²) in [5, 5.41) is 0. The molecule has 0 spiro atoms. The lowest BCUT2D eigenvalue weighted by Gasteiger charge is -2.05. The van der Waals surface area contributed by atoms with Crippen LogP contribution >= 0.6 is 11.6 Å². The van der Waals surface area contributed by atoms with E-state index in [0.717, 1.165) is 12.3 Å². The van der Waals surface area contributed by atoms with Gasteiger partial charge in [0.15, 0.2) is 0 Å². The van der Waals surface area contributed by atoms with Gasteiger partial charge in [0.25, 0.3) is 10.0 Å². The van der Waals surface area contributed by atoms with Gasteiger partial charge in [-0.05, 0) is 18.6 Å². The molecule has 0 aliphatic rings. The van der Waals surface area contributed by atoms with Crippen LogP contribution < -0.4 is 0 Å². The van der Waals surface area contributed by atoms with Crippen LogP contribution in [0.15, 0.2) is 32.9 Å². The zero-order valence-electron chi connectivity index (χ0n) is 9.68. The van der Waals surface area contributed by atoms with Gasteiger partial charge in [-0.2, -0.15) is 0 Å². The van der Waals surface area contributed by atoms with E-state index in [1.807, 2.05) is 0 Å². The molecule has 1 unspecified atom stereocenters. The van der Waals surface area contributed by atoms with E-state index in [1.165, 1.54) is 18.2 Å². The minimum absolute atomic E-state index is 0.166. The second-order valence-electron chi connectivity index (χ2n) is 3.64. The van der Waals surface area contributed by atoms with Crippen LogP contribution in [0, 0.1) is 5.82 Å². The van der Waals surface area contributed by atoms with Crippen LogP contribution in [-0.4, -0.2) is 30.5 Å². The lowest BCUT2D eigenvalue weighted by Crippen LogP contribution is -2.09. The molecule has 0 bridgehead atoms. The van der Waals surface area contributed by atoms with Crippen LogP contribution in [0.2, 0.25) is 0 Å². The highest BCUT2D eigenvalue weighted by Gasteiger charge is 2.17. The number of nitrogens with zero attached hydrogens (tertiary/aromatic N) is 1. The van der Waals surface area contributed by atoms with Gasteiger partial charge in [0, 0.05) is 12.1 Å². The fourth-order valence-corrected chi connectivity index (χ4v) is 5.20. The van der Waals surface area contributed by atoms with Gasteiger partial charge in [-0.15, -0.1) is 15.4 Å². The Morgan fingerprint density at radius 2 is 1.89 bits per heavy atom. The first-order chi connectivity index (χ1) is 8.28. The third-order valence-corrected chi connectivity index (χ3v) is 6.30. The summed E-state index contributed by atoms with van der Waals surface area (Å²) in [7, 11) is -7.18. The van der Waals surface area contributed by atoms with Crippen molar-refractivity contribution in [2.45, 2.75) is 11.3 Å². The highest BCUT2D eigenvalue weighted by Crippen LogP contribution is 2.17. The molecule has 1 aromatic carbocycles. The molecule has 4 nitrogen and oxygen atoms in total. The monoisotopic (exact) mass is 313 g/mol. The van der Waals surface area contributed by atoms with Gasteiger partial charge in [-0.3, -0.25) is 0 Å². The van der Waals surface area contributed by atoms with Crippen molar-refractivity contribution >= 4 is 31.4 Å². The first-order valence-electron chi connectivity index (χ1n) is 5.05. The van der Waals surface area contributed by atoms with Crippen molar-refractivity contribution in [1.82, 2.24) is 0 Å². The quantitative estimate of drug-likeness (QED) is 0.783. The average molecular weight is 314 g/mol. The first-order valence-corrected chi connectivity index (χ1v) is 9.12. The Balaban J connectivity index is 3.23. The minimum Gasteiger partial charge on any atom is -0.244 e. The largest absolute Gasteiger partial charge is 0.261 e. The number of sulfonamides is 1. The van der Waals surface area contributed by atoms with Crippen LogP contribution in [0.3, 0.4) is 0 Å². The van der Waals surface area contributed by atoms with E-state index in [0.29, 0.717) is 0 Å². The molecule has 102 valence electrons. The Morgan fingerprint density at radius 1 is 1.28 bits per heavy atom. The second kappa shape index (κ2) is 5.99. The third kappa shape index (κ3) is 4.22. The Labute approximate surface area is 111 Å². The molecule has 0 saturated heterocycles. The van der Waals surface area contributed by atoms with Gasteiger partial charge in [-0.25, -0.2) is 17.0 Å². The SMILES string of the molecule is CS(=O)(=NS(=O)(=O)CCCCl)c1ccccc1F. The van der Waals surface area contributed by atoms with E-state index in [1.54, 1.807) is 0 Å². The second-order valence-corrected chi connectivity index (χ2v) is 8.23. The molecule has 0 heterocycles. The lowest BCUT2D eigenvalue weighted by atomic mass is 10.4. The average Bonchev–Trinajstić information content (AvgIpc) is 2.25. The summed E-state index contributed by atoms with van der Waals surface area (Å²) in [4.78, 5) is -0.209. The minimum atomic E-state index is -3.87. The summed E-state index contributed by atoms with van der Waals surface area (Å²) in [6, 6.07) is 5.27. The maximum Gasteiger partial charge on any atom is 0.261 e. The van der Waals surface area contributed by atoms with Crippen LogP contribution in [0.25, 0.3) is 0 Å². The molecule has 1 aromatic rings. The Bertz CT molecular complexity index is 636. The van der Waals surface area contributed by atoms with Crippen molar-refractivity contribution in [2.75, 3.05) is 17.9 Å². The molecular weight excluding hydrogens is 301 g/mol. The van der Waals surface area contributed by atoms with E-state index in [9.17, 15) is 17.0 Å². The number of alkyl halides is 1. The molecular formula is C10H13ClFNO3S2. The highest BCUT2D eigenvalue weighted by molar-refractivity contribution is 8.02. The fraction of sp³-hybridized carbons (Fsp3) is 0.400. The normalized spacial score (nSPS) is 15.1. The van der Waals surface area contributed by atoms with Crippen LogP contribution in [0.1, 0.15) is 6.42 Å². The van der Waals surface area contributed by atoms with E-state index in [4.69, 9.17) is 11.6 Å². The maximum absolute atomic E-state index is 13.5. The van der Waals surface area contributed by atoms with Gasteiger partial charge in [0.05, 0.1) is 20.4 Å². The predicted octanol–water partition coefficient (Wildman–Crippen LogP) is 2.24. The van der Waals surface area contributed by atoms with Crippen molar-refractivity contribution in [1.29, 1.82) is 0 Å². The fourth-order valence-electron chi connectivity index (χ4n) is 1.28. The molecule has 0 aliphatic carbocycles. The van der Waals surface area contributed by atoms with Crippen molar-refractivity contribution < 1.29 is 17.0 Å². The smallest absolute Gasteiger partial charge is 0.244 e. The van der Waals surface area contributed by atoms with Crippen LogP contribution in [-0.2, 0) is 19.8 Å². The Hall–Kier alpha value is -0.660.